The second-order valence-corrected chi connectivity index (χ2v) is 7.71. The van der Waals surface area contributed by atoms with Crippen LogP contribution in [0.15, 0.2) is 36.4 Å². The van der Waals surface area contributed by atoms with E-state index in [1.54, 1.807) is 38.1 Å². The van der Waals surface area contributed by atoms with Crippen molar-refractivity contribution in [1.29, 1.82) is 0 Å². The van der Waals surface area contributed by atoms with E-state index >= 15 is 0 Å². The lowest BCUT2D eigenvalue weighted by atomic mass is 10.0. The Balaban J connectivity index is 2.07. The largest absolute Gasteiger partial charge is 0.494 e. The van der Waals surface area contributed by atoms with Crippen LogP contribution in [0.3, 0.4) is 0 Å². The van der Waals surface area contributed by atoms with Gasteiger partial charge in [0.15, 0.2) is 11.6 Å². The Morgan fingerprint density at radius 3 is 2.31 bits per heavy atom. The van der Waals surface area contributed by atoms with Crippen LogP contribution in [0.4, 0.5) is 8.78 Å². The summed E-state index contributed by atoms with van der Waals surface area (Å²) in [6.45, 7) is 6.24. The molecule has 1 atom stereocenters. The average Bonchev–Trinajstić information content (AvgIpc) is 2.71. The number of halogens is 3. The lowest BCUT2D eigenvalue weighted by molar-refractivity contribution is -0.134. The molecule has 2 aromatic carbocycles. The van der Waals surface area contributed by atoms with Gasteiger partial charge in [0.05, 0.1) is 6.61 Å². The zero-order chi connectivity index (χ0) is 21.4. The van der Waals surface area contributed by atoms with Gasteiger partial charge in [-0.15, -0.1) is 11.6 Å². The number of carbonyl (C=O) groups excluding carboxylic acids is 1. The van der Waals surface area contributed by atoms with Crippen LogP contribution in [-0.4, -0.2) is 18.0 Å². The first kappa shape index (κ1) is 23.1. The highest BCUT2D eigenvalue weighted by Crippen LogP contribution is 2.31. The minimum Gasteiger partial charge on any atom is -0.494 e. The summed E-state index contributed by atoms with van der Waals surface area (Å²) in [5.41, 5.74) is 0.568. The Hall–Kier alpha value is -2.14. The van der Waals surface area contributed by atoms with E-state index < -0.39 is 28.7 Å². The zero-order valence-corrected chi connectivity index (χ0v) is 17.8. The maximum atomic E-state index is 14.5. The fourth-order valence-corrected chi connectivity index (χ4v) is 2.76. The number of benzene rings is 2. The van der Waals surface area contributed by atoms with E-state index in [1.165, 1.54) is 25.0 Å². The third kappa shape index (κ3) is 6.43. The SMILES string of the molecule is CCCCCCOc1ccc(-c2ccc(OC(=O)C(Cl)C(C)C)c(F)c2F)cc1. The van der Waals surface area contributed by atoms with Gasteiger partial charge in [-0.2, -0.15) is 4.39 Å². The minimum atomic E-state index is -1.22. The van der Waals surface area contributed by atoms with E-state index in [2.05, 4.69) is 6.92 Å². The van der Waals surface area contributed by atoms with Gasteiger partial charge in [-0.3, -0.25) is 4.79 Å². The van der Waals surface area contributed by atoms with Crippen LogP contribution in [0.2, 0.25) is 0 Å². The van der Waals surface area contributed by atoms with Crippen molar-refractivity contribution in [3.05, 3.63) is 48.0 Å². The number of rotatable bonds is 10. The Kier molecular flexibility index (Phi) is 8.90. The Bertz CT molecular complexity index is 807. The van der Waals surface area contributed by atoms with Crippen LogP contribution in [0, 0.1) is 17.6 Å². The molecule has 0 aliphatic heterocycles. The van der Waals surface area contributed by atoms with Crippen molar-refractivity contribution in [2.75, 3.05) is 6.61 Å². The predicted molar refractivity (Wildman–Crippen MR) is 112 cm³/mol. The molecule has 0 fully saturated rings. The van der Waals surface area contributed by atoms with Crippen molar-refractivity contribution in [2.45, 2.75) is 51.8 Å². The van der Waals surface area contributed by atoms with Crippen LogP contribution < -0.4 is 9.47 Å². The Labute approximate surface area is 176 Å². The van der Waals surface area contributed by atoms with Crippen molar-refractivity contribution in [3.63, 3.8) is 0 Å². The van der Waals surface area contributed by atoms with Gasteiger partial charge in [-0.25, -0.2) is 4.39 Å². The first-order chi connectivity index (χ1) is 13.8. The van der Waals surface area contributed by atoms with Crippen molar-refractivity contribution in [2.24, 2.45) is 5.92 Å². The smallest absolute Gasteiger partial charge is 0.329 e. The van der Waals surface area contributed by atoms with Crippen molar-refractivity contribution in [1.82, 2.24) is 0 Å². The van der Waals surface area contributed by atoms with E-state index in [1.807, 2.05) is 0 Å². The van der Waals surface area contributed by atoms with Gasteiger partial charge < -0.3 is 9.47 Å². The van der Waals surface area contributed by atoms with Gasteiger partial charge in [0.25, 0.3) is 0 Å². The lowest BCUT2D eigenvalue weighted by Crippen LogP contribution is -2.26. The maximum absolute atomic E-state index is 14.5. The fraction of sp³-hybridized carbons (Fsp3) is 0.435. The van der Waals surface area contributed by atoms with Crippen LogP contribution in [0.1, 0.15) is 46.5 Å². The van der Waals surface area contributed by atoms with Gasteiger partial charge in [0.1, 0.15) is 11.1 Å². The van der Waals surface area contributed by atoms with Gasteiger partial charge in [0, 0.05) is 5.56 Å². The highest BCUT2D eigenvalue weighted by molar-refractivity contribution is 6.30. The average molecular weight is 425 g/mol. The summed E-state index contributed by atoms with van der Waals surface area (Å²) in [5, 5.41) is -0.938. The normalized spacial score (nSPS) is 12.1. The molecule has 0 heterocycles. The third-order valence-electron chi connectivity index (χ3n) is 4.50. The molecule has 2 rings (SSSR count). The number of ether oxygens (including phenoxy) is 2. The fourth-order valence-electron chi connectivity index (χ4n) is 2.72. The van der Waals surface area contributed by atoms with Crippen molar-refractivity contribution < 1.29 is 23.0 Å². The summed E-state index contributed by atoms with van der Waals surface area (Å²) >= 11 is 5.91. The van der Waals surface area contributed by atoms with E-state index in [9.17, 15) is 13.6 Å². The number of hydrogen-bond donors (Lipinski definition) is 0. The van der Waals surface area contributed by atoms with E-state index in [0.29, 0.717) is 17.9 Å². The van der Waals surface area contributed by atoms with Gasteiger partial charge >= 0.3 is 5.97 Å². The quantitative estimate of drug-likeness (QED) is 0.183. The highest BCUT2D eigenvalue weighted by atomic mass is 35.5. The molecule has 0 radical (unpaired) electrons. The van der Waals surface area contributed by atoms with Crippen LogP contribution >= 0.6 is 11.6 Å². The summed E-state index contributed by atoms with van der Waals surface area (Å²) in [6.07, 6.45) is 4.45. The Morgan fingerprint density at radius 2 is 1.69 bits per heavy atom. The van der Waals surface area contributed by atoms with Crippen LogP contribution in [0.5, 0.6) is 11.5 Å². The molecule has 0 amide bonds. The number of unbranched alkanes of at least 4 members (excludes halogenated alkanes) is 3. The van der Waals surface area contributed by atoms with E-state index in [0.717, 1.165) is 12.8 Å². The van der Waals surface area contributed by atoms with Gasteiger partial charge in [-0.1, -0.05) is 52.2 Å². The maximum Gasteiger partial charge on any atom is 0.329 e. The summed E-state index contributed by atoms with van der Waals surface area (Å²) in [4.78, 5) is 11.9. The molecule has 0 spiro atoms. The molecule has 1 unspecified atom stereocenters. The predicted octanol–water partition coefficient (Wildman–Crippen LogP) is 6.76. The summed E-state index contributed by atoms with van der Waals surface area (Å²) in [7, 11) is 0. The number of carbonyl (C=O) groups is 1. The molecule has 0 bridgehead atoms. The van der Waals surface area contributed by atoms with Crippen molar-refractivity contribution in [3.8, 4) is 22.6 Å². The molecule has 0 aliphatic rings. The van der Waals surface area contributed by atoms with E-state index in [-0.39, 0.29) is 11.5 Å². The topological polar surface area (TPSA) is 35.5 Å². The first-order valence-corrected chi connectivity index (χ1v) is 10.4. The summed E-state index contributed by atoms with van der Waals surface area (Å²) < 4.78 is 39.5. The lowest BCUT2D eigenvalue weighted by Gasteiger charge is -2.14. The second kappa shape index (κ2) is 11.1. The zero-order valence-electron chi connectivity index (χ0n) is 17.0. The number of esters is 1. The Morgan fingerprint density at radius 1 is 1.00 bits per heavy atom. The molecular weight excluding hydrogens is 398 g/mol. The monoisotopic (exact) mass is 424 g/mol. The van der Waals surface area contributed by atoms with Gasteiger partial charge in [0.2, 0.25) is 5.82 Å². The molecule has 0 saturated carbocycles. The molecule has 158 valence electrons. The molecule has 0 N–H and O–H groups in total. The van der Waals surface area contributed by atoms with Crippen LogP contribution in [0.25, 0.3) is 11.1 Å². The van der Waals surface area contributed by atoms with Crippen molar-refractivity contribution >= 4 is 17.6 Å². The molecule has 0 aromatic heterocycles. The highest BCUT2D eigenvalue weighted by Gasteiger charge is 2.24. The molecule has 2 aromatic rings. The second-order valence-electron chi connectivity index (χ2n) is 7.24. The standard InChI is InChI=1S/C23H27ClF2O3/c1-4-5-6-7-14-28-17-10-8-16(9-11-17)18-12-13-19(22(26)21(18)25)29-23(27)20(24)15(2)3/h8-13,15,20H,4-7,14H2,1-3H3. The molecular formula is C23H27ClF2O3. The minimum absolute atomic E-state index is 0.0723. The third-order valence-corrected chi connectivity index (χ3v) is 5.18. The van der Waals surface area contributed by atoms with Crippen LogP contribution in [-0.2, 0) is 4.79 Å². The van der Waals surface area contributed by atoms with Gasteiger partial charge in [-0.05, 0) is 42.2 Å². The molecule has 3 nitrogen and oxygen atoms in total. The molecule has 0 saturated heterocycles. The summed E-state index contributed by atoms with van der Waals surface area (Å²) in [5.74, 6) is -3.11. The number of alkyl halides is 1. The van der Waals surface area contributed by atoms with E-state index in [4.69, 9.17) is 21.1 Å². The first-order valence-electron chi connectivity index (χ1n) is 9.92. The molecule has 29 heavy (non-hydrogen) atoms. The molecule has 0 aliphatic carbocycles. The summed E-state index contributed by atoms with van der Waals surface area (Å²) in [6, 6.07) is 9.38. The number of hydrogen-bond acceptors (Lipinski definition) is 3. The molecule has 6 heteroatoms.